The number of nitrogens with zero attached hydrogens (tertiary/aromatic N) is 3. The largest absolute Gasteiger partial charge is 0.339 e. The maximum atomic E-state index is 12.7. The molecule has 2 fully saturated rings. The van der Waals surface area contributed by atoms with Gasteiger partial charge in [-0.15, -0.1) is 5.10 Å². The molecule has 2 aliphatic rings. The number of rotatable bonds is 4. The van der Waals surface area contributed by atoms with Crippen molar-refractivity contribution in [3.05, 3.63) is 30.3 Å². The van der Waals surface area contributed by atoms with Crippen molar-refractivity contribution in [1.29, 1.82) is 0 Å². The molecule has 2 heterocycles. The molecule has 1 aromatic carbocycles. The molecule has 0 spiro atoms. The Morgan fingerprint density at radius 3 is 2.84 bits per heavy atom. The van der Waals surface area contributed by atoms with Crippen molar-refractivity contribution in [3.8, 4) is 11.4 Å². The molecule has 2 atom stereocenters. The summed E-state index contributed by atoms with van der Waals surface area (Å²) in [5.41, 5.74) is 1.01. The van der Waals surface area contributed by atoms with Crippen molar-refractivity contribution in [2.45, 2.75) is 49.7 Å². The third-order valence-electron chi connectivity index (χ3n) is 5.40. The van der Waals surface area contributed by atoms with Crippen LogP contribution in [0.3, 0.4) is 0 Å². The number of amides is 1. The lowest BCUT2D eigenvalue weighted by atomic mass is 9.78. The highest BCUT2D eigenvalue weighted by atomic mass is 32.2. The van der Waals surface area contributed by atoms with Crippen LogP contribution in [0.25, 0.3) is 11.4 Å². The minimum Gasteiger partial charge on any atom is -0.339 e. The molecule has 4 rings (SSSR count). The van der Waals surface area contributed by atoms with E-state index in [1.54, 1.807) is 0 Å². The van der Waals surface area contributed by atoms with Crippen molar-refractivity contribution in [1.82, 2.24) is 20.1 Å². The number of fused-ring (bicyclic) bond motifs is 1. The number of aromatic nitrogens is 3. The van der Waals surface area contributed by atoms with E-state index < -0.39 is 0 Å². The van der Waals surface area contributed by atoms with Gasteiger partial charge in [0.15, 0.2) is 5.82 Å². The molecule has 1 aromatic heterocycles. The number of nitrogens with one attached hydrogen (secondary N) is 1. The molecule has 1 aliphatic carbocycles. The third kappa shape index (κ3) is 3.73. The van der Waals surface area contributed by atoms with E-state index in [0.29, 0.717) is 17.0 Å². The molecule has 0 unspecified atom stereocenters. The van der Waals surface area contributed by atoms with Gasteiger partial charge in [-0.1, -0.05) is 54.9 Å². The van der Waals surface area contributed by atoms with E-state index in [-0.39, 0.29) is 5.91 Å². The number of H-pyrrole nitrogens is 1. The molecule has 6 heteroatoms. The molecule has 132 valence electrons. The van der Waals surface area contributed by atoms with Crippen molar-refractivity contribution in [3.63, 3.8) is 0 Å². The quantitative estimate of drug-likeness (QED) is 0.848. The minimum absolute atomic E-state index is 0.243. The lowest BCUT2D eigenvalue weighted by molar-refractivity contribution is -0.134. The van der Waals surface area contributed by atoms with Gasteiger partial charge < -0.3 is 4.90 Å². The van der Waals surface area contributed by atoms with E-state index in [0.717, 1.165) is 30.3 Å². The normalized spacial score (nSPS) is 23.3. The van der Waals surface area contributed by atoms with Crippen molar-refractivity contribution >= 4 is 17.7 Å². The fourth-order valence-corrected chi connectivity index (χ4v) is 4.86. The summed E-state index contributed by atoms with van der Waals surface area (Å²) < 4.78 is 0. The number of benzene rings is 1. The number of aromatic amines is 1. The second kappa shape index (κ2) is 7.60. The third-order valence-corrected chi connectivity index (χ3v) is 6.23. The SMILES string of the molecule is O=C(CSc1n[nH]c(-c2ccccc2)n1)N1CCC[C@H]2CCCC[C@@H]21. The Kier molecular flexibility index (Phi) is 5.06. The Labute approximate surface area is 152 Å². The minimum atomic E-state index is 0.243. The van der Waals surface area contributed by atoms with Crippen LogP contribution in [0, 0.1) is 5.92 Å². The number of thioether (sulfide) groups is 1. The van der Waals surface area contributed by atoms with Gasteiger partial charge in [-0.25, -0.2) is 4.98 Å². The summed E-state index contributed by atoms with van der Waals surface area (Å²) in [7, 11) is 0. The van der Waals surface area contributed by atoms with Gasteiger partial charge in [0.05, 0.1) is 5.75 Å². The number of carbonyl (C=O) groups is 1. The summed E-state index contributed by atoms with van der Waals surface area (Å²) in [4.78, 5) is 19.4. The summed E-state index contributed by atoms with van der Waals surface area (Å²) in [5.74, 6) is 2.15. The van der Waals surface area contributed by atoms with Gasteiger partial charge >= 0.3 is 0 Å². The Hall–Kier alpha value is -1.82. The standard InChI is InChI=1S/C19H24N4OS/c24-17(23-12-6-10-14-7-4-5-11-16(14)23)13-25-19-20-18(21-22-19)15-8-2-1-3-9-15/h1-3,8-9,14,16H,4-7,10-13H2,(H,20,21,22)/t14-,16+/m1/s1. The molecule has 2 aromatic rings. The Morgan fingerprint density at radius 2 is 1.96 bits per heavy atom. The van der Waals surface area contributed by atoms with E-state index in [9.17, 15) is 4.79 Å². The average Bonchev–Trinajstić information content (AvgIpc) is 3.15. The first kappa shape index (κ1) is 16.6. The van der Waals surface area contributed by atoms with Crippen LogP contribution < -0.4 is 0 Å². The van der Waals surface area contributed by atoms with Crippen LogP contribution in [-0.4, -0.2) is 44.3 Å². The molecule has 0 radical (unpaired) electrons. The first-order chi connectivity index (χ1) is 12.3. The molecule has 5 nitrogen and oxygen atoms in total. The molecule has 25 heavy (non-hydrogen) atoms. The van der Waals surface area contributed by atoms with Crippen LogP contribution in [-0.2, 0) is 4.79 Å². The highest BCUT2D eigenvalue weighted by Gasteiger charge is 2.35. The van der Waals surface area contributed by atoms with E-state index in [1.165, 1.54) is 43.9 Å². The van der Waals surface area contributed by atoms with Crippen LogP contribution in [0.1, 0.15) is 38.5 Å². The van der Waals surface area contributed by atoms with Crippen LogP contribution >= 0.6 is 11.8 Å². The van der Waals surface area contributed by atoms with Gasteiger partial charge in [-0.2, -0.15) is 0 Å². The van der Waals surface area contributed by atoms with Crippen LogP contribution in [0.2, 0.25) is 0 Å². The summed E-state index contributed by atoms with van der Waals surface area (Å²) in [5, 5.41) is 7.85. The molecule has 0 bridgehead atoms. The molecule has 1 amide bonds. The van der Waals surface area contributed by atoms with E-state index in [4.69, 9.17) is 0 Å². The van der Waals surface area contributed by atoms with E-state index >= 15 is 0 Å². The molecular formula is C19H24N4OS. The lowest BCUT2D eigenvalue weighted by Crippen LogP contribution is -2.50. The maximum absolute atomic E-state index is 12.7. The van der Waals surface area contributed by atoms with Gasteiger partial charge in [-0.3, -0.25) is 9.89 Å². The van der Waals surface area contributed by atoms with Crippen molar-refractivity contribution in [2.75, 3.05) is 12.3 Å². The second-order valence-corrected chi connectivity index (χ2v) is 7.91. The fourth-order valence-electron chi connectivity index (χ4n) is 4.18. The fraction of sp³-hybridized carbons (Fsp3) is 0.526. The lowest BCUT2D eigenvalue weighted by Gasteiger charge is -2.44. The van der Waals surface area contributed by atoms with Gasteiger partial charge in [0.25, 0.3) is 0 Å². The zero-order valence-electron chi connectivity index (χ0n) is 14.4. The Bertz CT molecular complexity index is 715. The number of hydrogen-bond acceptors (Lipinski definition) is 4. The number of carbonyl (C=O) groups excluding carboxylic acids is 1. The van der Waals surface area contributed by atoms with Crippen molar-refractivity contribution < 1.29 is 4.79 Å². The highest BCUT2D eigenvalue weighted by Crippen LogP contribution is 2.35. The van der Waals surface area contributed by atoms with Gasteiger partial charge in [0.1, 0.15) is 0 Å². The molecule has 1 saturated carbocycles. The van der Waals surface area contributed by atoms with Crippen LogP contribution in [0.15, 0.2) is 35.5 Å². The smallest absolute Gasteiger partial charge is 0.233 e. The maximum Gasteiger partial charge on any atom is 0.233 e. The predicted octanol–water partition coefficient (Wildman–Crippen LogP) is 3.75. The van der Waals surface area contributed by atoms with Gasteiger partial charge in [0, 0.05) is 18.2 Å². The monoisotopic (exact) mass is 356 g/mol. The Morgan fingerprint density at radius 1 is 1.16 bits per heavy atom. The molecular weight excluding hydrogens is 332 g/mol. The summed E-state index contributed by atoms with van der Waals surface area (Å²) in [6.45, 7) is 0.920. The first-order valence-electron chi connectivity index (χ1n) is 9.21. The van der Waals surface area contributed by atoms with Crippen molar-refractivity contribution in [2.24, 2.45) is 5.92 Å². The summed E-state index contributed by atoms with van der Waals surface area (Å²) in [6, 6.07) is 10.4. The predicted molar refractivity (Wildman–Crippen MR) is 99.2 cm³/mol. The Balaban J connectivity index is 1.36. The molecule has 1 saturated heterocycles. The average molecular weight is 356 g/mol. The van der Waals surface area contributed by atoms with E-state index in [2.05, 4.69) is 20.1 Å². The number of piperidine rings is 1. The van der Waals surface area contributed by atoms with Crippen LogP contribution in [0.5, 0.6) is 0 Å². The molecule has 1 N–H and O–H groups in total. The number of likely N-dealkylation sites (tertiary alicyclic amines) is 1. The first-order valence-corrected chi connectivity index (χ1v) is 10.2. The number of hydrogen-bond donors (Lipinski definition) is 1. The zero-order valence-corrected chi connectivity index (χ0v) is 15.2. The van der Waals surface area contributed by atoms with E-state index in [1.807, 2.05) is 30.3 Å². The second-order valence-electron chi connectivity index (χ2n) is 6.96. The topological polar surface area (TPSA) is 61.9 Å². The van der Waals surface area contributed by atoms with Crippen LogP contribution in [0.4, 0.5) is 0 Å². The summed E-state index contributed by atoms with van der Waals surface area (Å²) >= 11 is 1.43. The van der Waals surface area contributed by atoms with Gasteiger partial charge in [0.2, 0.25) is 11.1 Å². The zero-order chi connectivity index (χ0) is 17.1. The summed E-state index contributed by atoms with van der Waals surface area (Å²) in [6.07, 6.45) is 7.51. The van der Waals surface area contributed by atoms with Gasteiger partial charge in [-0.05, 0) is 31.6 Å². The highest BCUT2D eigenvalue weighted by molar-refractivity contribution is 7.99. The molecule has 1 aliphatic heterocycles.